The molecule has 1 aliphatic heterocycles. The first kappa shape index (κ1) is 14.6. The van der Waals surface area contributed by atoms with Crippen LogP contribution in [-0.4, -0.2) is 48.4 Å². The summed E-state index contributed by atoms with van der Waals surface area (Å²) in [5.74, 6) is 0.0953. The van der Waals surface area contributed by atoms with Crippen molar-refractivity contribution in [3.63, 3.8) is 0 Å². The van der Waals surface area contributed by atoms with Gasteiger partial charge < -0.3 is 10.6 Å². The van der Waals surface area contributed by atoms with Crippen molar-refractivity contribution >= 4 is 17.7 Å². The number of nitrogens with two attached hydrogens (primary N) is 1. The molecule has 0 spiro atoms. The molecule has 4 nitrogen and oxygen atoms in total. The summed E-state index contributed by atoms with van der Waals surface area (Å²) in [6.45, 7) is 6.93. The van der Waals surface area contributed by atoms with Crippen LogP contribution >= 0.6 is 0 Å². The molecular formula is C16H23N3O. The minimum absolute atomic E-state index is 0.0953. The SMILES string of the molecule is CCCN1CCN(C(=O)/C=C/c2ccc(N)cc2)CC1. The first-order valence-electron chi connectivity index (χ1n) is 7.24. The number of piperazine rings is 1. The van der Waals surface area contributed by atoms with Crippen LogP contribution in [0.25, 0.3) is 6.08 Å². The molecule has 0 bridgehead atoms. The van der Waals surface area contributed by atoms with E-state index < -0.39 is 0 Å². The van der Waals surface area contributed by atoms with Gasteiger partial charge in [0.05, 0.1) is 0 Å². The molecule has 1 aliphatic rings. The fourth-order valence-corrected chi connectivity index (χ4v) is 2.39. The number of carbonyl (C=O) groups excluding carboxylic acids is 1. The highest BCUT2D eigenvalue weighted by Crippen LogP contribution is 2.08. The Morgan fingerprint density at radius 3 is 2.45 bits per heavy atom. The Hall–Kier alpha value is -1.81. The largest absolute Gasteiger partial charge is 0.399 e. The van der Waals surface area contributed by atoms with E-state index in [1.54, 1.807) is 6.08 Å². The predicted molar refractivity (Wildman–Crippen MR) is 83.2 cm³/mol. The maximum absolute atomic E-state index is 12.1. The van der Waals surface area contributed by atoms with Gasteiger partial charge in [-0.05, 0) is 36.7 Å². The Labute approximate surface area is 120 Å². The third kappa shape index (κ3) is 4.10. The molecule has 0 aromatic heterocycles. The van der Waals surface area contributed by atoms with E-state index in [0.29, 0.717) is 0 Å². The molecule has 0 aliphatic carbocycles. The predicted octanol–water partition coefficient (Wildman–Crippen LogP) is 1.84. The van der Waals surface area contributed by atoms with Crippen molar-refractivity contribution in [1.29, 1.82) is 0 Å². The zero-order chi connectivity index (χ0) is 14.4. The minimum atomic E-state index is 0.0953. The average Bonchev–Trinajstić information content (AvgIpc) is 2.47. The Morgan fingerprint density at radius 2 is 1.85 bits per heavy atom. The lowest BCUT2D eigenvalue weighted by Gasteiger charge is -2.34. The standard InChI is InChI=1S/C16H23N3O/c1-2-9-18-10-12-19(13-11-18)16(20)8-5-14-3-6-15(17)7-4-14/h3-8H,2,9-13,17H2,1H3/b8-5+. The van der Waals surface area contributed by atoms with Gasteiger partial charge in [0.15, 0.2) is 0 Å². The van der Waals surface area contributed by atoms with E-state index >= 15 is 0 Å². The van der Waals surface area contributed by atoms with Gasteiger partial charge >= 0.3 is 0 Å². The molecule has 0 saturated carbocycles. The van der Waals surface area contributed by atoms with Crippen LogP contribution in [0.4, 0.5) is 5.69 Å². The number of hydrogen-bond donors (Lipinski definition) is 1. The lowest BCUT2D eigenvalue weighted by atomic mass is 10.2. The first-order chi connectivity index (χ1) is 9.69. The van der Waals surface area contributed by atoms with Gasteiger partial charge in [0, 0.05) is 37.9 Å². The Balaban J connectivity index is 1.85. The van der Waals surface area contributed by atoms with Gasteiger partial charge in [-0.3, -0.25) is 9.69 Å². The first-order valence-corrected chi connectivity index (χ1v) is 7.24. The number of carbonyl (C=O) groups is 1. The molecule has 1 heterocycles. The van der Waals surface area contributed by atoms with Crippen LogP contribution < -0.4 is 5.73 Å². The van der Waals surface area contributed by atoms with E-state index in [4.69, 9.17) is 5.73 Å². The van der Waals surface area contributed by atoms with Gasteiger partial charge in [-0.2, -0.15) is 0 Å². The highest BCUT2D eigenvalue weighted by molar-refractivity contribution is 5.91. The van der Waals surface area contributed by atoms with Gasteiger partial charge in [0.1, 0.15) is 0 Å². The molecular weight excluding hydrogens is 250 g/mol. The van der Waals surface area contributed by atoms with Crippen LogP contribution in [0.5, 0.6) is 0 Å². The van der Waals surface area contributed by atoms with Crippen molar-refractivity contribution in [2.75, 3.05) is 38.5 Å². The number of benzene rings is 1. The maximum Gasteiger partial charge on any atom is 0.246 e. The Bertz CT molecular complexity index is 459. The van der Waals surface area contributed by atoms with Crippen LogP contribution in [0.3, 0.4) is 0 Å². The van der Waals surface area contributed by atoms with Crippen molar-refractivity contribution in [3.05, 3.63) is 35.9 Å². The van der Waals surface area contributed by atoms with Gasteiger partial charge in [-0.15, -0.1) is 0 Å². The average molecular weight is 273 g/mol. The molecule has 1 saturated heterocycles. The van der Waals surface area contributed by atoms with Crippen molar-refractivity contribution in [2.24, 2.45) is 0 Å². The zero-order valence-electron chi connectivity index (χ0n) is 12.1. The van der Waals surface area contributed by atoms with E-state index in [1.165, 1.54) is 6.42 Å². The molecule has 2 N–H and O–H groups in total. The molecule has 1 aromatic carbocycles. The highest BCUT2D eigenvalue weighted by atomic mass is 16.2. The zero-order valence-corrected chi connectivity index (χ0v) is 12.1. The van der Waals surface area contributed by atoms with E-state index in [9.17, 15) is 4.79 Å². The third-order valence-electron chi connectivity index (χ3n) is 3.58. The van der Waals surface area contributed by atoms with Crippen LogP contribution in [0.15, 0.2) is 30.3 Å². The Morgan fingerprint density at radius 1 is 1.20 bits per heavy atom. The second kappa shape index (κ2) is 7.10. The second-order valence-corrected chi connectivity index (χ2v) is 5.17. The van der Waals surface area contributed by atoms with Crippen molar-refractivity contribution in [1.82, 2.24) is 9.80 Å². The molecule has 0 radical (unpaired) electrons. The number of anilines is 1. The molecule has 20 heavy (non-hydrogen) atoms. The second-order valence-electron chi connectivity index (χ2n) is 5.17. The topological polar surface area (TPSA) is 49.6 Å². The fraction of sp³-hybridized carbons (Fsp3) is 0.438. The number of nitrogens with zero attached hydrogens (tertiary/aromatic N) is 2. The van der Waals surface area contributed by atoms with E-state index in [0.717, 1.165) is 44.0 Å². The number of nitrogen functional groups attached to an aromatic ring is 1. The number of hydrogen-bond acceptors (Lipinski definition) is 3. The molecule has 1 amide bonds. The summed E-state index contributed by atoms with van der Waals surface area (Å²) in [4.78, 5) is 16.4. The van der Waals surface area contributed by atoms with Gasteiger partial charge in [-0.1, -0.05) is 19.1 Å². The molecule has 1 fully saturated rings. The number of rotatable bonds is 4. The van der Waals surface area contributed by atoms with Crippen LogP contribution in [-0.2, 0) is 4.79 Å². The lowest BCUT2D eigenvalue weighted by molar-refractivity contribution is -0.127. The minimum Gasteiger partial charge on any atom is -0.399 e. The van der Waals surface area contributed by atoms with Crippen molar-refractivity contribution in [3.8, 4) is 0 Å². The van der Waals surface area contributed by atoms with E-state index in [-0.39, 0.29) is 5.91 Å². The maximum atomic E-state index is 12.1. The van der Waals surface area contributed by atoms with Gasteiger partial charge in [0.2, 0.25) is 5.91 Å². The molecule has 4 heteroatoms. The van der Waals surface area contributed by atoms with Gasteiger partial charge in [-0.25, -0.2) is 0 Å². The van der Waals surface area contributed by atoms with E-state index in [1.807, 2.05) is 35.2 Å². The van der Waals surface area contributed by atoms with E-state index in [2.05, 4.69) is 11.8 Å². The summed E-state index contributed by atoms with van der Waals surface area (Å²) in [6, 6.07) is 7.51. The van der Waals surface area contributed by atoms with Crippen molar-refractivity contribution < 1.29 is 4.79 Å². The summed E-state index contributed by atoms with van der Waals surface area (Å²) in [7, 11) is 0. The smallest absolute Gasteiger partial charge is 0.246 e. The van der Waals surface area contributed by atoms with Crippen molar-refractivity contribution in [2.45, 2.75) is 13.3 Å². The lowest BCUT2D eigenvalue weighted by Crippen LogP contribution is -2.48. The summed E-state index contributed by atoms with van der Waals surface area (Å²) in [5, 5.41) is 0. The summed E-state index contributed by atoms with van der Waals surface area (Å²) < 4.78 is 0. The molecule has 2 rings (SSSR count). The molecule has 0 atom stereocenters. The number of amides is 1. The molecule has 1 aromatic rings. The molecule has 0 unspecified atom stereocenters. The quantitative estimate of drug-likeness (QED) is 0.672. The third-order valence-corrected chi connectivity index (χ3v) is 3.58. The normalized spacial score (nSPS) is 16.8. The highest BCUT2D eigenvalue weighted by Gasteiger charge is 2.18. The van der Waals surface area contributed by atoms with Crippen LogP contribution in [0, 0.1) is 0 Å². The monoisotopic (exact) mass is 273 g/mol. The summed E-state index contributed by atoms with van der Waals surface area (Å²) in [6.07, 6.45) is 4.67. The fourth-order valence-electron chi connectivity index (χ4n) is 2.39. The molecule has 108 valence electrons. The summed E-state index contributed by atoms with van der Waals surface area (Å²) >= 11 is 0. The van der Waals surface area contributed by atoms with Gasteiger partial charge in [0.25, 0.3) is 0 Å². The Kier molecular flexibility index (Phi) is 5.18. The summed E-state index contributed by atoms with van der Waals surface area (Å²) in [5.41, 5.74) is 7.37. The van der Waals surface area contributed by atoms with Crippen LogP contribution in [0.1, 0.15) is 18.9 Å². The van der Waals surface area contributed by atoms with Crippen LogP contribution in [0.2, 0.25) is 0 Å².